The van der Waals surface area contributed by atoms with Crippen LogP contribution in [0.25, 0.3) is 0 Å². The Morgan fingerprint density at radius 3 is 2.61 bits per heavy atom. The number of carbonyl (C=O) groups is 1. The zero-order valence-electron chi connectivity index (χ0n) is 12.4. The molecule has 0 aliphatic heterocycles. The number of aliphatic hydroxyl groups excluding tert-OH is 1. The van der Waals surface area contributed by atoms with E-state index in [9.17, 15) is 18.0 Å². The lowest BCUT2D eigenvalue weighted by atomic mass is 10.3. The summed E-state index contributed by atoms with van der Waals surface area (Å²) in [4.78, 5) is 20.4. The van der Waals surface area contributed by atoms with Gasteiger partial charge in [-0.1, -0.05) is 11.3 Å². The molecule has 0 aliphatic carbocycles. The quantitative estimate of drug-likeness (QED) is 0.867. The van der Waals surface area contributed by atoms with Crippen molar-refractivity contribution in [1.82, 2.24) is 9.55 Å². The van der Waals surface area contributed by atoms with Gasteiger partial charge >= 0.3 is 6.18 Å². The van der Waals surface area contributed by atoms with Gasteiger partial charge in [0, 0.05) is 25.4 Å². The van der Waals surface area contributed by atoms with Crippen LogP contribution in [0, 0.1) is 6.92 Å². The summed E-state index contributed by atoms with van der Waals surface area (Å²) in [5.41, 5.74) is -0.200. The Bertz CT molecular complexity index is 776. The summed E-state index contributed by atoms with van der Waals surface area (Å²) in [6.45, 7) is 3.22. The standard InChI is InChI=1S/C14H14F3N3O2S/c1-8-12(9(2)22)23-13(20(8)5-6-21)19-11-4-3-10(7-18-11)14(15,16)17/h3-4,7,21H,5-6H2,1-2H3/b19-13-. The molecule has 2 heterocycles. The minimum Gasteiger partial charge on any atom is -0.395 e. The van der Waals surface area contributed by atoms with E-state index in [1.807, 2.05) is 0 Å². The van der Waals surface area contributed by atoms with Crippen LogP contribution in [-0.2, 0) is 12.7 Å². The first-order chi connectivity index (χ1) is 10.7. The van der Waals surface area contributed by atoms with Crippen LogP contribution in [-0.4, -0.2) is 27.0 Å². The predicted octanol–water partition coefficient (Wildman–Crippen LogP) is 2.70. The van der Waals surface area contributed by atoms with Crippen molar-refractivity contribution in [1.29, 1.82) is 0 Å². The van der Waals surface area contributed by atoms with Crippen LogP contribution in [0.1, 0.15) is 27.9 Å². The smallest absolute Gasteiger partial charge is 0.395 e. The molecule has 0 aromatic carbocycles. The fourth-order valence-corrected chi connectivity index (χ4v) is 3.04. The lowest BCUT2D eigenvalue weighted by Crippen LogP contribution is -2.18. The fraction of sp³-hybridized carbons (Fsp3) is 0.357. The molecule has 0 amide bonds. The highest BCUT2D eigenvalue weighted by molar-refractivity contribution is 7.11. The highest BCUT2D eigenvalue weighted by Crippen LogP contribution is 2.29. The molecule has 0 atom stereocenters. The number of alkyl halides is 3. The molecule has 9 heteroatoms. The molecule has 5 nitrogen and oxygen atoms in total. The van der Waals surface area contributed by atoms with Crippen molar-refractivity contribution in [2.24, 2.45) is 4.99 Å². The molecule has 2 aromatic heterocycles. The maximum atomic E-state index is 12.5. The van der Waals surface area contributed by atoms with Crippen LogP contribution in [0.3, 0.4) is 0 Å². The number of pyridine rings is 1. The number of nitrogens with zero attached hydrogens (tertiary/aromatic N) is 3. The van der Waals surface area contributed by atoms with E-state index in [4.69, 9.17) is 5.11 Å². The number of halogens is 3. The topological polar surface area (TPSA) is 67.5 Å². The van der Waals surface area contributed by atoms with Crippen molar-refractivity contribution in [3.05, 3.63) is 39.3 Å². The van der Waals surface area contributed by atoms with E-state index < -0.39 is 11.7 Å². The first-order valence-electron chi connectivity index (χ1n) is 6.64. The molecule has 0 unspecified atom stereocenters. The number of ketones is 1. The summed E-state index contributed by atoms with van der Waals surface area (Å²) in [5.74, 6) is -0.0398. The van der Waals surface area contributed by atoms with Crippen molar-refractivity contribution in [3.8, 4) is 0 Å². The van der Waals surface area contributed by atoms with Crippen molar-refractivity contribution in [3.63, 3.8) is 0 Å². The number of aliphatic hydroxyl groups is 1. The molecule has 0 bridgehead atoms. The van der Waals surface area contributed by atoms with Crippen LogP contribution in [0.4, 0.5) is 19.0 Å². The van der Waals surface area contributed by atoms with E-state index in [2.05, 4.69) is 9.98 Å². The number of aromatic nitrogens is 2. The number of hydrogen-bond acceptors (Lipinski definition) is 5. The summed E-state index contributed by atoms with van der Waals surface area (Å²) < 4.78 is 39.2. The Hall–Kier alpha value is -2.00. The normalized spacial score (nSPS) is 12.7. The van der Waals surface area contributed by atoms with E-state index in [1.54, 1.807) is 11.5 Å². The van der Waals surface area contributed by atoms with Gasteiger partial charge < -0.3 is 9.67 Å². The van der Waals surface area contributed by atoms with Crippen molar-refractivity contribution < 1.29 is 23.1 Å². The number of hydrogen-bond donors (Lipinski definition) is 1. The fourth-order valence-electron chi connectivity index (χ4n) is 1.98. The maximum absolute atomic E-state index is 12.5. The number of carbonyl (C=O) groups excluding carboxylic acids is 1. The maximum Gasteiger partial charge on any atom is 0.417 e. The number of Topliss-reactive ketones (excluding diaryl/α,β-unsaturated/α-hetero) is 1. The number of rotatable bonds is 4. The SMILES string of the molecule is CC(=O)c1s/c(=N\c2ccc(C(F)(F)F)cn2)n(CCO)c1C. The molecular formula is C14H14F3N3O2S. The Morgan fingerprint density at radius 2 is 2.13 bits per heavy atom. The summed E-state index contributed by atoms with van der Waals surface area (Å²) in [7, 11) is 0. The van der Waals surface area contributed by atoms with E-state index in [0.717, 1.165) is 23.5 Å². The third-order valence-electron chi connectivity index (χ3n) is 3.09. The highest BCUT2D eigenvalue weighted by atomic mass is 32.1. The highest BCUT2D eigenvalue weighted by Gasteiger charge is 2.30. The van der Waals surface area contributed by atoms with Gasteiger partial charge in [-0.25, -0.2) is 9.98 Å². The number of thiazole rings is 1. The molecule has 124 valence electrons. The monoisotopic (exact) mass is 345 g/mol. The molecule has 23 heavy (non-hydrogen) atoms. The van der Waals surface area contributed by atoms with E-state index in [0.29, 0.717) is 21.6 Å². The van der Waals surface area contributed by atoms with Gasteiger partial charge in [-0.05, 0) is 19.1 Å². The largest absolute Gasteiger partial charge is 0.417 e. The van der Waals surface area contributed by atoms with Crippen LogP contribution < -0.4 is 4.80 Å². The third kappa shape index (κ3) is 3.85. The molecule has 0 aliphatic rings. The van der Waals surface area contributed by atoms with E-state index >= 15 is 0 Å². The summed E-state index contributed by atoms with van der Waals surface area (Å²) in [6, 6.07) is 2.06. The molecule has 0 spiro atoms. The Balaban J connectivity index is 2.50. The Morgan fingerprint density at radius 1 is 1.43 bits per heavy atom. The Labute approximate surface area is 133 Å². The van der Waals surface area contributed by atoms with Crippen molar-refractivity contribution in [2.75, 3.05) is 6.61 Å². The minimum atomic E-state index is -4.45. The average Bonchev–Trinajstić information content (AvgIpc) is 2.77. The predicted molar refractivity (Wildman–Crippen MR) is 78.6 cm³/mol. The second-order valence-corrected chi connectivity index (χ2v) is 5.72. The summed E-state index contributed by atoms with van der Waals surface area (Å²) in [5, 5.41) is 9.13. The lowest BCUT2D eigenvalue weighted by molar-refractivity contribution is -0.137. The van der Waals surface area contributed by atoms with E-state index in [1.165, 1.54) is 6.92 Å². The summed E-state index contributed by atoms with van der Waals surface area (Å²) in [6.07, 6.45) is -3.74. The first kappa shape index (κ1) is 17.4. The average molecular weight is 345 g/mol. The van der Waals surface area contributed by atoms with Crippen LogP contribution in [0.5, 0.6) is 0 Å². The van der Waals surface area contributed by atoms with Crippen LogP contribution in [0.2, 0.25) is 0 Å². The van der Waals surface area contributed by atoms with Gasteiger partial charge in [-0.2, -0.15) is 13.2 Å². The molecule has 2 aromatic rings. The van der Waals surface area contributed by atoms with Gasteiger partial charge in [-0.3, -0.25) is 4.79 Å². The molecular weight excluding hydrogens is 331 g/mol. The minimum absolute atomic E-state index is 0.0982. The second kappa shape index (κ2) is 6.63. The molecule has 0 fully saturated rings. The zero-order valence-corrected chi connectivity index (χ0v) is 13.2. The van der Waals surface area contributed by atoms with Gasteiger partial charge in [0.05, 0.1) is 17.0 Å². The molecule has 1 N–H and O–H groups in total. The van der Waals surface area contributed by atoms with Gasteiger partial charge in [0.25, 0.3) is 0 Å². The lowest BCUT2D eigenvalue weighted by Gasteiger charge is -2.05. The van der Waals surface area contributed by atoms with Gasteiger partial charge in [-0.15, -0.1) is 0 Å². The molecule has 0 saturated heterocycles. The zero-order chi connectivity index (χ0) is 17.2. The van der Waals surface area contributed by atoms with Crippen LogP contribution >= 0.6 is 11.3 Å². The third-order valence-corrected chi connectivity index (χ3v) is 4.37. The van der Waals surface area contributed by atoms with Gasteiger partial charge in [0.1, 0.15) is 0 Å². The first-order valence-corrected chi connectivity index (χ1v) is 7.45. The molecule has 0 saturated carbocycles. The van der Waals surface area contributed by atoms with Gasteiger partial charge in [0.2, 0.25) is 0 Å². The van der Waals surface area contributed by atoms with Crippen molar-refractivity contribution >= 4 is 22.9 Å². The molecule has 0 radical (unpaired) electrons. The van der Waals surface area contributed by atoms with Gasteiger partial charge in [0.15, 0.2) is 16.4 Å². The summed E-state index contributed by atoms with van der Waals surface area (Å²) >= 11 is 1.11. The molecule has 2 rings (SSSR count). The second-order valence-electron chi connectivity index (χ2n) is 4.75. The Kier molecular flexibility index (Phi) is 5.00. The van der Waals surface area contributed by atoms with E-state index in [-0.39, 0.29) is 24.8 Å². The van der Waals surface area contributed by atoms with Crippen LogP contribution in [0.15, 0.2) is 23.3 Å². The van der Waals surface area contributed by atoms with Crippen molar-refractivity contribution in [2.45, 2.75) is 26.6 Å².